The summed E-state index contributed by atoms with van der Waals surface area (Å²) in [6, 6.07) is 0.451. The Balaban J connectivity index is 0.00000112. The fourth-order valence-corrected chi connectivity index (χ4v) is 2.03. The van der Waals surface area contributed by atoms with E-state index >= 15 is 0 Å². The second-order valence-electron chi connectivity index (χ2n) is 4.42. The molecule has 2 aliphatic rings. The molecule has 0 aromatic rings. The van der Waals surface area contributed by atoms with Gasteiger partial charge >= 0.3 is 0 Å². The van der Waals surface area contributed by atoms with Gasteiger partial charge in [-0.3, -0.25) is 4.79 Å². The summed E-state index contributed by atoms with van der Waals surface area (Å²) in [6.07, 6.45) is 0.736. The van der Waals surface area contributed by atoms with Gasteiger partial charge in [0.25, 0.3) is 0 Å². The van der Waals surface area contributed by atoms with Gasteiger partial charge < -0.3 is 15.5 Å². The molecule has 2 saturated heterocycles. The minimum absolute atomic E-state index is 0. The lowest BCUT2D eigenvalue weighted by Gasteiger charge is -2.34. The molecule has 0 radical (unpaired) electrons. The maximum Gasteiger partial charge on any atom is 0.223 e. The van der Waals surface area contributed by atoms with E-state index in [-0.39, 0.29) is 12.4 Å². The van der Waals surface area contributed by atoms with Gasteiger partial charge in [0.2, 0.25) is 5.91 Å². The Kier molecular flexibility index (Phi) is 4.83. The summed E-state index contributed by atoms with van der Waals surface area (Å²) in [5.74, 6) is 0.928. The molecule has 2 rings (SSSR count). The Labute approximate surface area is 97.2 Å². The van der Waals surface area contributed by atoms with E-state index in [1.54, 1.807) is 0 Å². The molecular weight excluding hydrogens is 214 g/mol. The van der Waals surface area contributed by atoms with Gasteiger partial charge in [0, 0.05) is 32.1 Å². The highest BCUT2D eigenvalue weighted by atomic mass is 35.5. The molecule has 88 valence electrons. The lowest BCUT2D eigenvalue weighted by molar-refractivity contribution is -0.133. The van der Waals surface area contributed by atoms with E-state index in [0.29, 0.717) is 17.9 Å². The quantitative estimate of drug-likeness (QED) is 0.697. The summed E-state index contributed by atoms with van der Waals surface area (Å²) in [5, 5.41) is 6.54. The summed E-state index contributed by atoms with van der Waals surface area (Å²) in [7, 11) is 0. The summed E-state index contributed by atoms with van der Waals surface area (Å²) < 4.78 is 0. The number of piperazine rings is 1. The molecule has 15 heavy (non-hydrogen) atoms. The SMILES string of the molecule is CC1CN(C(=O)CC2CNC2)CCN1.Cl. The summed E-state index contributed by atoms with van der Waals surface area (Å²) in [5.41, 5.74) is 0. The van der Waals surface area contributed by atoms with Crippen LogP contribution in [0.25, 0.3) is 0 Å². The zero-order valence-electron chi connectivity index (χ0n) is 9.16. The molecule has 2 fully saturated rings. The van der Waals surface area contributed by atoms with Crippen LogP contribution in [0.5, 0.6) is 0 Å². The monoisotopic (exact) mass is 233 g/mol. The molecule has 2 heterocycles. The zero-order chi connectivity index (χ0) is 9.97. The van der Waals surface area contributed by atoms with Crippen LogP contribution in [0.4, 0.5) is 0 Å². The van der Waals surface area contributed by atoms with Crippen molar-refractivity contribution in [1.82, 2.24) is 15.5 Å². The molecule has 4 nitrogen and oxygen atoms in total. The third-order valence-electron chi connectivity index (χ3n) is 3.05. The van der Waals surface area contributed by atoms with Gasteiger partial charge in [-0.1, -0.05) is 0 Å². The number of nitrogens with one attached hydrogen (secondary N) is 2. The van der Waals surface area contributed by atoms with Crippen molar-refractivity contribution in [3.05, 3.63) is 0 Å². The number of hydrogen-bond donors (Lipinski definition) is 2. The largest absolute Gasteiger partial charge is 0.340 e. The Hall–Kier alpha value is -0.320. The number of carbonyl (C=O) groups is 1. The first-order valence-electron chi connectivity index (χ1n) is 5.47. The van der Waals surface area contributed by atoms with E-state index in [0.717, 1.165) is 39.1 Å². The van der Waals surface area contributed by atoms with Crippen molar-refractivity contribution in [1.29, 1.82) is 0 Å². The molecule has 0 saturated carbocycles. The third kappa shape index (κ3) is 3.33. The molecule has 1 unspecified atom stereocenters. The first-order chi connectivity index (χ1) is 6.75. The van der Waals surface area contributed by atoms with Gasteiger partial charge in [-0.2, -0.15) is 0 Å². The van der Waals surface area contributed by atoms with Crippen molar-refractivity contribution in [2.45, 2.75) is 19.4 Å². The summed E-state index contributed by atoms with van der Waals surface area (Å²) >= 11 is 0. The van der Waals surface area contributed by atoms with E-state index in [4.69, 9.17) is 0 Å². The molecule has 0 aromatic heterocycles. The van der Waals surface area contributed by atoms with Crippen LogP contribution in [0.3, 0.4) is 0 Å². The van der Waals surface area contributed by atoms with E-state index in [9.17, 15) is 4.79 Å². The molecule has 1 atom stereocenters. The number of amides is 1. The predicted octanol–water partition coefficient (Wildman–Crippen LogP) is -0.162. The zero-order valence-corrected chi connectivity index (χ0v) is 9.98. The molecule has 0 aliphatic carbocycles. The van der Waals surface area contributed by atoms with Gasteiger partial charge in [0.05, 0.1) is 0 Å². The van der Waals surface area contributed by atoms with E-state index in [1.165, 1.54) is 0 Å². The second kappa shape index (κ2) is 5.68. The number of halogens is 1. The van der Waals surface area contributed by atoms with Gasteiger partial charge in [-0.25, -0.2) is 0 Å². The van der Waals surface area contributed by atoms with Crippen molar-refractivity contribution < 1.29 is 4.79 Å². The van der Waals surface area contributed by atoms with E-state index in [2.05, 4.69) is 17.6 Å². The Morgan fingerprint density at radius 3 is 2.73 bits per heavy atom. The van der Waals surface area contributed by atoms with Crippen LogP contribution in [0, 0.1) is 5.92 Å². The number of carbonyl (C=O) groups excluding carboxylic acids is 1. The Bertz CT molecular complexity index is 221. The van der Waals surface area contributed by atoms with Crippen molar-refractivity contribution in [2.75, 3.05) is 32.7 Å². The standard InChI is InChI=1S/C10H19N3O.ClH/c1-8-7-13(3-2-12-8)10(14)4-9-5-11-6-9;/h8-9,11-12H,2-7H2,1H3;1H. The maximum absolute atomic E-state index is 11.8. The van der Waals surface area contributed by atoms with Crippen LogP contribution in [0.15, 0.2) is 0 Å². The fourth-order valence-electron chi connectivity index (χ4n) is 2.03. The average molecular weight is 234 g/mol. The first kappa shape index (κ1) is 12.7. The fraction of sp³-hybridized carbons (Fsp3) is 0.900. The van der Waals surface area contributed by atoms with Crippen LogP contribution in [-0.2, 0) is 4.79 Å². The summed E-state index contributed by atoms with van der Waals surface area (Å²) in [6.45, 7) is 6.86. The highest BCUT2D eigenvalue weighted by molar-refractivity contribution is 5.85. The molecule has 0 bridgehead atoms. The van der Waals surface area contributed by atoms with Crippen LogP contribution < -0.4 is 10.6 Å². The molecule has 5 heteroatoms. The minimum Gasteiger partial charge on any atom is -0.340 e. The normalized spacial score (nSPS) is 26.7. The van der Waals surface area contributed by atoms with Crippen molar-refractivity contribution in [3.63, 3.8) is 0 Å². The smallest absolute Gasteiger partial charge is 0.223 e. The molecule has 0 aromatic carbocycles. The highest BCUT2D eigenvalue weighted by Crippen LogP contribution is 2.11. The lowest BCUT2D eigenvalue weighted by Crippen LogP contribution is -2.53. The van der Waals surface area contributed by atoms with Gasteiger partial charge in [-0.05, 0) is 25.9 Å². The van der Waals surface area contributed by atoms with Crippen LogP contribution in [-0.4, -0.2) is 49.6 Å². The molecule has 2 N–H and O–H groups in total. The topological polar surface area (TPSA) is 44.4 Å². The molecular formula is C10H20ClN3O. The maximum atomic E-state index is 11.8. The van der Waals surface area contributed by atoms with Crippen LogP contribution in [0.1, 0.15) is 13.3 Å². The van der Waals surface area contributed by atoms with Crippen molar-refractivity contribution in [3.8, 4) is 0 Å². The predicted molar refractivity (Wildman–Crippen MR) is 62.3 cm³/mol. The number of nitrogens with zero attached hydrogens (tertiary/aromatic N) is 1. The van der Waals surface area contributed by atoms with Gasteiger partial charge in [-0.15, -0.1) is 12.4 Å². The number of rotatable bonds is 2. The lowest BCUT2D eigenvalue weighted by atomic mass is 9.98. The third-order valence-corrected chi connectivity index (χ3v) is 3.05. The minimum atomic E-state index is 0. The Morgan fingerprint density at radius 2 is 2.20 bits per heavy atom. The molecule has 2 aliphatic heterocycles. The van der Waals surface area contributed by atoms with Gasteiger partial charge in [0.1, 0.15) is 0 Å². The molecule has 0 spiro atoms. The first-order valence-corrected chi connectivity index (χ1v) is 5.47. The summed E-state index contributed by atoms with van der Waals surface area (Å²) in [4.78, 5) is 13.8. The Morgan fingerprint density at radius 1 is 1.47 bits per heavy atom. The van der Waals surface area contributed by atoms with Crippen LogP contribution in [0.2, 0.25) is 0 Å². The number of hydrogen-bond acceptors (Lipinski definition) is 3. The van der Waals surface area contributed by atoms with E-state index < -0.39 is 0 Å². The van der Waals surface area contributed by atoms with Crippen LogP contribution >= 0.6 is 12.4 Å². The van der Waals surface area contributed by atoms with Crippen molar-refractivity contribution >= 4 is 18.3 Å². The average Bonchev–Trinajstić information content (AvgIpc) is 2.11. The van der Waals surface area contributed by atoms with Gasteiger partial charge in [0.15, 0.2) is 0 Å². The van der Waals surface area contributed by atoms with Crippen molar-refractivity contribution in [2.24, 2.45) is 5.92 Å². The second-order valence-corrected chi connectivity index (χ2v) is 4.42. The van der Waals surface area contributed by atoms with E-state index in [1.807, 2.05) is 4.90 Å². The molecule has 1 amide bonds. The highest BCUT2D eigenvalue weighted by Gasteiger charge is 2.25.